The lowest BCUT2D eigenvalue weighted by atomic mass is 10.0. The van der Waals surface area contributed by atoms with Crippen molar-refractivity contribution in [2.24, 2.45) is 5.92 Å². The molecule has 2 amide bonds. The van der Waals surface area contributed by atoms with Gasteiger partial charge >= 0.3 is 18.2 Å². The monoisotopic (exact) mass is 488 g/mol. The van der Waals surface area contributed by atoms with Crippen molar-refractivity contribution in [1.82, 2.24) is 4.90 Å². The lowest BCUT2D eigenvalue weighted by Gasteiger charge is -2.40. The minimum absolute atomic E-state index is 0.00610. The minimum atomic E-state index is -4.65. The number of benzene rings is 2. The van der Waals surface area contributed by atoms with Crippen LogP contribution in [0.2, 0.25) is 0 Å². The summed E-state index contributed by atoms with van der Waals surface area (Å²) in [6, 6.07) is 8.23. The number of nitrogens with zero attached hydrogens (tertiary/aromatic N) is 2. The lowest BCUT2D eigenvalue weighted by Crippen LogP contribution is -2.53. The first kappa shape index (κ1) is 22.1. The predicted octanol–water partition coefficient (Wildman–Crippen LogP) is 5.14. The average molecular weight is 489 g/mol. The second kappa shape index (κ2) is 8.63. The van der Waals surface area contributed by atoms with Crippen LogP contribution in [0.5, 0.6) is 0 Å². The van der Waals surface area contributed by atoms with Gasteiger partial charge in [0.05, 0.1) is 18.5 Å². The Kier molecular flexibility index (Phi) is 6.35. The zero-order valence-electron chi connectivity index (χ0n) is 15.5. The van der Waals surface area contributed by atoms with Gasteiger partial charge in [-0.3, -0.25) is 9.69 Å². The summed E-state index contributed by atoms with van der Waals surface area (Å²) in [6.45, 7) is -0.278. The molecule has 2 aromatic rings. The van der Waals surface area contributed by atoms with E-state index in [0.29, 0.717) is 23.9 Å². The third-order valence-electron chi connectivity index (χ3n) is 4.76. The Balaban J connectivity index is 1.91. The summed E-state index contributed by atoms with van der Waals surface area (Å²) in [7, 11) is 0. The molecule has 0 aromatic heterocycles. The predicted molar refractivity (Wildman–Crippen MR) is 104 cm³/mol. The van der Waals surface area contributed by atoms with Gasteiger partial charge in [-0.05, 0) is 42.5 Å². The molecular formula is C20H17BrF4N2O3. The van der Waals surface area contributed by atoms with Crippen LogP contribution in [0.3, 0.4) is 0 Å². The number of hydrogen-bond donors (Lipinski definition) is 1. The summed E-state index contributed by atoms with van der Waals surface area (Å²) in [5, 5.41) is 9.16. The molecule has 0 aliphatic carbocycles. The fourth-order valence-electron chi connectivity index (χ4n) is 3.38. The van der Waals surface area contributed by atoms with Crippen molar-refractivity contribution in [1.29, 1.82) is 0 Å². The van der Waals surface area contributed by atoms with Crippen molar-refractivity contribution in [3.05, 3.63) is 63.9 Å². The van der Waals surface area contributed by atoms with Crippen LogP contribution >= 0.6 is 15.9 Å². The van der Waals surface area contributed by atoms with E-state index in [4.69, 9.17) is 5.11 Å². The van der Waals surface area contributed by atoms with Crippen molar-refractivity contribution in [3.63, 3.8) is 0 Å². The summed E-state index contributed by atoms with van der Waals surface area (Å²) in [5.41, 5.74) is -0.798. The number of alkyl halides is 3. The van der Waals surface area contributed by atoms with E-state index in [0.717, 1.165) is 4.47 Å². The number of carboxylic acids is 1. The highest BCUT2D eigenvalue weighted by Crippen LogP contribution is 2.32. The summed E-state index contributed by atoms with van der Waals surface area (Å²) < 4.78 is 54.0. The smallest absolute Gasteiger partial charge is 0.416 e. The van der Waals surface area contributed by atoms with Crippen molar-refractivity contribution < 1.29 is 32.3 Å². The number of carbonyl (C=O) groups excluding carboxylic acids is 1. The highest BCUT2D eigenvalue weighted by molar-refractivity contribution is 9.10. The van der Waals surface area contributed by atoms with Crippen molar-refractivity contribution in [3.8, 4) is 0 Å². The summed E-state index contributed by atoms with van der Waals surface area (Å²) in [5.74, 6) is -2.40. The van der Waals surface area contributed by atoms with Gasteiger partial charge in [0.15, 0.2) is 0 Å². The van der Waals surface area contributed by atoms with Crippen LogP contribution in [0.4, 0.5) is 28.0 Å². The molecule has 10 heteroatoms. The number of aliphatic carboxylic acids is 1. The third kappa shape index (κ3) is 5.10. The Morgan fingerprint density at radius 1 is 1.13 bits per heavy atom. The first-order valence-electron chi connectivity index (χ1n) is 8.94. The van der Waals surface area contributed by atoms with Crippen LogP contribution in [-0.4, -0.2) is 35.1 Å². The van der Waals surface area contributed by atoms with E-state index >= 15 is 0 Å². The van der Waals surface area contributed by atoms with E-state index in [1.54, 1.807) is 24.3 Å². The molecule has 5 nitrogen and oxygen atoms in total. The number of hydrogen-bond acceptors (Lipinski definition) is 2. The topological polar surface area (TPSA) is 60.9 Å². The summed E-state index contributed by atoms with van der Waals surface area (Å²) in [4.78, 5) is 26.7. The first-order chi connectivity index (χ1) is 14.0. The van der Waals surface area contributed by atoms with E-state index in [-0.39, 0.29) is 25.1 Å². The highest BCUT2D eigenvalue weighted by atomic mass is 79.9. The number of urea groups is 1. The van der Waals surface area contributed by atoms with Crippen molar-refractivity contribution >= 4 is 33.6 Å². The number of carbonyl (C=O) groups is 2. The molecule has 160 valence electrons. The molecule has 0 radical (unpaired) electrons. The first-order valence-corrected chi connectivity index (χ1v) is 9.73. The molecule has 1 unspecified atom stereocenters. The van der Waals surface area contributed by atoms with Crippen molar-refractivity contribution in [2.45, 2.75) is 19.1 Å². The molecule has 2 aromatic carbocycles. The molecule has 3 rings (SSSR count). The number of amides is 2. The maximum atomic E-state index is 14.2. The van der Waals surface area contributed by atoms with Crippen LogP contribution in [0.15, 0.2) is 46.9 Å². The third-order valence-corrected chi connectivity index (χ3v) is 5.29. The molecule has 1 aliphatic heterocycles. The van der Waals surface area contributed by atoms with Crippen LogP contribution < -0.4 is 4.90 Å². The molecule has 0 spiro atoms. The van der Waals surface area contributed by atoms with E-state index in [1.165, 1.54) is 9.80 Å². The fraction of sp³-hybridized carbons (Fsp3) is 0.300. The SMILES string of the molecule is O=C(O)CC1CN(Cc2cc(C(F)(F)F)ccc2F)C(=O)N(c2ccc(Br)cc2)C1. The number of carboxylic acid groups (broad SMARTS) is 1. The van der Waals surface area contributed by atoms with Gasteiger partial charge < -0.3 is 10.0 Å². The second-order valence-corrected chi connectivity index (χ2v) is 7.93. The molecule has 1 atom stereocenters. The zero-order valence-corrected chi connectivity index (χ0v) is 17.1. The normalized spacial score (nSPS) is 17.4. The Labute approximate surface area is 178 Å². The maximum Gasteiger partial charge on any atom is 0.416 e. The average Bonchev–Trinajstić information content (AvgIpc) is 2.65. The Morgan fingerprint density at radius 3 is 2.40 bits per heavy atom. The number of halogens is 5. The molecule has 1 heterocycles. The van der Waals surface area contributed by atoms with Gasteiger partial charge in [-0.2, -0.15) is 13.2 Å². The molecule has 1 aliphatic rings. The van der Waals surface area contributed by atoms with Crippen LogP contribution in [0.1, 0.15) is 17.5 Å². The molecular weight excluding hydrogens is 472 g/mol. The van der Waals surface area contributed by atoms with E-state index in [1.807, 2.05) is 0 Å². The lowest BCUT2D eigenvalue weighted by molar-refractivity contribution is -0.139. The van der Waals surface area contributed by atoms with Gasteiger partial charge in [-0.1, -0.05) is 15.9 Å². The molecule has 1 fully saturated rings. The molecule has 0 bridgehead atoms. The van der Waals surface area contributed by atoms with Gasteiger partial charge in [0, 0.05) is 34.7 Å². The van der Waals surface area contributed by atoms with Crippen LogP contribution in [0.25, 0.3) is 0 Å². The summed E-state index contributed by atoms with van der Waals surface area (Å²) >= 11 is 3.29. The Hall–Kier alpha value is -2.62. The zero-order chi connectivity index (χ0) is 22.1. The number of anilines is 1. The quantitative estimate of drug-likeness (QED) is 0.592. The molecule has 1 N–H and O–H groups in total. The Morgan fingerprint density at radius 2 is 1.80 bits per heavy atom. The molecule has 30 heavy (non-hydrogen) atoms. The molecule has 1 saturated heterocycles. The molecule has 0 saturated carbocycles. The maximum absolute atomic E-state index is 14.2. The summed E-state index contributed by atoms with van der Waals surface area (Å²) in [6.07, 6.45) is -4.88. The highest BCUT2D eigenvalue weighted by Gasteiger charge is 2.35. The van der Waals surface area contributed by atoms with Gasteiger partial charge in [0.2, 0.25) is 0 Å². The largest absolute Gasteiger partial charge is 0.481 e. The van der Waals surface area contributed by atoms with Gasteiger partial charge in [-0.15, -0.1) is 0 Å². The van der Waals surface area contributed by atoms with Gasteiger partial charge in [0.25, 0.3) is 0 Å². The van der Waals surface area contributed by atoms with E-state index in [2.05, 4.69) is 15.9 Å². The fourth-order valence-corrected chi connectivity index (χ4v) is 3.64. The minimum Gasteiger partial charge on any atom is -0.481 e. The van der Waals surface area contributed by atoms with Gasteiger partial charge in [0.1, 0.15) is 5.82 Å². The van der Waals surface area contributed by atoms with E-state index in [9.17, 15) is 27.2 Å². The second-order valence-electron chi connectivity index (χ2n) is 7.02. The number of rotatable bonds is 5. The van der Waals surface area contributed by atoms with Crippen molar-refractivity contribution in [2.75, 3.05) is 18.0 Å². The Bertz CT molecular complexity index is 950. The van der Waals surface area contributed by atoms with Crippen LogP contribution in [-0.2, 0) is 17.5 Å². The standard InChI is InChI=1S/C20H17BrF4N2O3/c21-15-2-4-16(5-3-15)27-10-12(7-18(28)29)9-26(19(27)30)11-13-8-14(20(23,24)25)1-6-17(13)22/h1-6,8,12H,7,9-11H2,(H,28,29). The van der Waals surface area contributed by atoms with E-state index < -0.39 is 42.0 Å². The van der Waals surface area contributed by atoms with Crippen LogP contribution in [0, 0.1) is 11.7 Å². The van der Waals surface area contributed by atoms with Gasteiger partial charge in [-0.25, -0.2) is 9.18 Å².